The normalized spacial score (nSPS) is 12.7. The van der Waals surface area contributed by atoms with Crippen molar-refractivity contribution in [3.8, 4) is 17.2 Å². The molecule has 1 aliphatic rings. The standard InChI is InChI=1S/C18H17N5O3/c1-22(11-13-6-7-16-17(10-13)26-9-8-25-16)18(24)14-4-2-3-5-15(14)23-12-19-20-21-23/h2-7,10,12H,8-9,11H2,1H3. The molecule has 3 aromatic rings. The molecule has 0 bridgehead atoms. The first kappa shape index (κ1) is 16.1. The molecule has 0 spiro atoms. The number of tetrazole rings is 1. The second kappa shape index (κ2) is 6.83. The second-order valence-electron chi connectivity index (χ2n) is 5.91. The average Bonchev–Trinajstić information content (AvgIpc) is 3.22. The number of para-hydroxylation sites is 1. The van der Waals surface area contributed by atoms with Gasteiger partial charge in [-0.2, -0.15) is 4.68 Å². The summed E-state index contributed by atoms with van der Waals surface area (Å²) in [5.41, 5.74) is 2.13. The molecule has 0 radical (unpaired) electrons. The van der Waals surface area contributed by atoms with Crippen LogP contribution in [0.15, 0.2) is 48.8 Å². The number of ether oxygens (including phenoxy) is 2. The van der Waals surface area contributed by atoms with Gasteiger partial charge >= 0.3 is 0 Å². The van der Waals surface area contributed by atoms with Gasteiger partial charge in [-0.15, -0.1) is 5.10 Å². The minimum absolute atomic E-state index is 0.119. The van der Waals surface area contributed by atoms with E-state index in [4.69, 9.17) is 9.47 Å². The predicted molar refractivity (Wildman–Crippen MR) is 92.4 cm³/mol. The molecule has 0 saturated carbocycles. The molecule has 1 aromatic heterocycles. The summed E-state index contributed by atoms with van der Waals surface area (Å²) in [5, 5.41) is 11.1. The van der Waals surface area contributed by atoms with Gasteiger partial charge in [-0.1, -0.05) is 18.2 Å². The van der Waals surface area contributed by atoms with Gasteiger partial charge in [-0.05, 0) is 40.3 Å². The van der Waals surface area contributed by atoms with Crippen molar-refractivity contribution in [1.29, 1.82) is 0 Å². The zero-order chi connectivity index (χ0) is 17.9. The molecule has 1 amide bonds. The van der Waals surface area contributed by atoms with Gasteiger partial charge in [0.25, 0.3) is 5.91 Å². The summed E-state index contributed by atoms with van der Waals surface area (Å²) in [6.07, 6.45) is 1.47. The fraction of sp³-hybridized carbons (Fsp3) is 0.222. The summed E-state index contributed by atoms with van der Waals surface area (Å²) in [7, 11) is 1.76. The van der Waals surface area contributed by atoms with Crippen molar-refractivity contribution in [2.24, 2.45) is 0 Å². The highest BCUT2D eigenvalue weighted by molar-refractivity contribution is 5.97. The monoisotopic (exact) mass is 351 g/mol. The lowest BCUT2D eigenvalue weighted by molar-refractivity contribution is 0.0784. The number of hydrogen-bond donors (Lipinski definition) is 0. The summed E-state index contributed by atoms with van der Waals surface area (Å²) < 4.78 is 12.6. The number of carbonyl (C=O) groups is 1. The zero-order valence-corrected chi connectivity index (χ0v) is 14.2. The van der Waals surface area contributed by atoms with Crippen LogP contribution in [0, 0.1) is 0 Å². The SMILES string of the molecule is CN(Cc1ccc2c(c1)OCCO2)C(=O)c1ccccc1-n1cnnn1. The van der Waals surface area contributed by atoms with Crippen molar-refractivity contribution < 1.29 is 14.3 Å². The third kappa shape index (κ3) is 3.08. The maximum atomic E-state index is 12.9. The molecule has 1 aliphatic heterocycles. The minimum Gasteiger partial charge on any atom is -0.486 e. The van der Waals surface area contributed by atoms with Crippen LogP contribution in [-0.2, 0) is 6.54 Å². The first-order valence-electron chi connectivity index (χ1n) is 8.19. The maximum Gasteiger partial charge on any atom is 0.256 e. The number of amides is 1. The zero-order valence-electron chi connectivity index (χ0n) is 14.2. The molecule has 0 fully saturated rings. The Morgan fingerprint density at radius 2 is 1.96 bits per heavy atom. The van der Waals surface area contributed by atoms with Crippen molar-refractivity contribution in [2.75, 3.05) is 20.3 Å². The molecular weight excluding hydrogens is 334 g/mol. The van der Waals surface area contributed by atoms with E-state index in [1.54, 1.807) is 18.0 Å². The van der Waals surface area contributed by atoms with Gasteiger partial charge in [0.05, 0.1) is 11.3 Å². The van der Waals surface area contributed by atoms with Crippen LogP contribution in [0.4, 0.5) is 0 Å². The van der Waals surface area contributed by atoms with Crippen molar-refractivity contribution in [3.63, 3.8) is 0 Å². The van der Waals surface area contributed by atoms with Crippen molar-refractivity contribution in [1.82, 2.24) is 25.1 Å². The lowest BCUT2D eigenvalue weighted by Crippen LogP contribution is -2.27. The third-order valence-electron chi connectivity index (χ3n) is 4.10. The number of hydrogen-bond acceptors (Lipinski definition) is 6. The Kier molecular flexibility index (Phi) is 4.22. The van der Waals surface area contributed by atoms with E-state index in [0.717, 1.165) is 11.3 Å². The molecule has 0 atom stereocenters. The van der Waals surface area contributed by atoms with Gasteiger partial charge in [-0.3, -0.25) is 4.79 Å². The van der Waals surface area contributed by atoms with Crippen LogP contribution in [0.1, 0.15) is 15.9 Å². The smallest absolute Gasteiger partial charge is 0.256 e. The number of benzene rings is 2. The van der Waals surface area contributed by atoms with Gasteiger partial charge < -0.3 is 14.4 Å². The largest absolute Gasteiger partial charge is 0.486 e. The Labute approximate surface area is 149 Å². The number of fused-ring (bicyclic) bond motifs is 1. The highest BCUT2D eigenvalue weighted by atomic mass is 16.6. The van der Waals surface area contributed by atoms with Crippen LogP contribution in [0.25, 0.3) is 5.69 Å². The van der Waals surface area contributed by atoms with Crippen LogP contribution in [0.2, 0.25) is 0 Å². The molecule has 0 saturated heterocycles. The first-order valence-corrected chi connectivity index (χ1v) is 8.19. The van der Waals surface area contributed by atoms with Gasteiger partial charge in [-0.25, -0.2) is 0 Å². The molecule has 4 rings (SSSR count). The van der Waals surface area contributed by atoms with E-state index in [9.17, 15) is 4.79 Å². The van der Waals surface area contributed by atoms with Crippen LogP contribution in [0.5, 0.6) is 11.5 Å². The molecular formula is C18H17N5O3. The second-order valence-corrected chi connectivity index (χ2v) is 5.91. The van der Waals surface area contributed by atoms with Crippen LogP contribution < -0.4 is 9.47 Å². The number of aromatic nitrogens is 4. The highest BCUT2D eigenvalue weighted by Gasteiger charge is 2.18. The fourth-order valence-corrected chi connectivity index (χ4v) is 2.86. The Morgan fingerprint density at radius 1 is 1.15 bits per heavy atom. The van der Waals surface area contributed by atoms with E-state index >= 15 is 0 Å². The van der Waals surface area contributed by atoms with Crippen LogP contribution in [0.3, 0.4) is 0 Å². The summed E-state index contributed by atoms with van der Waals surface area (Å²) >= 11 is 0. The van der Waals surface area contributed by atoms with E-state index in [0.29, 0.717) is 36.8 Å². The number of nitrogens with zero attached hydrogens (tertiary/aromatic N) is 5. The number of rotatable bonds is 4. The van der Waals surface area contributed by atoms with E-state index in [-0.39, 0.29) is 5.91 Å². The summed E-state index contributed by atoms with van der Waals surface area (Å²) in [5.74, 6) is 1.33. The van der Waals surface area contributed by atoms with Gasteiger partial charge in [0.2, 0.25) is 0 Å². The topological polar surface area (TPSA) is 82.4 Å². The van der Waals surface area contributed by atoms with Crippen LogP contribution in [-0.4, -0.2) is 51.3 Å². The Balaban J connectivity index is 1.56. The van der Waals surface area contributed by atoms with Gasteiger partial charge in [0.1, 0.15) is 19.5 Å². The van der Waals surface area contributed by atoms with Crippen LogP contribution >= 0.6 is 0 Å². The lowest BCUT2D eigenvalue weighted by Gasteiger charge is -2.22. The summed E-state index contributed by atoms with van der Waals surface area (Å²) in [6.45, 7) is 1.53. The minimum atomic E-state index is -0.119. The quantitative estimate of drug-likeness (QED) is 0.712. The summed E-state index contributed by atoms with van der Waals surface area (Å²) in [6, 6.07) is 12.9. The fourth-order valence-electron chi connectivity index (χ4n) is 2.86. The third-order valence-corrected chi connectivity index (χ3v) is 4.10. The van der Waals surface area contributed by atoms with Gasteiger partial charge in [0.15, 0.2) is 11.5 Å². The molecule has 2 heterocycles. The van der Waals surface area contributed by atoms with E-state index in [1.165, 1.54) is 11.0 Å². The number of carbonyl (C=O) groups excluding carboxylic acids is 1. The van der Waals surface area contributed by atoms with E-state index in [2.05, 4.69) is 15.5 Å². The molecule has 132 valence electrons. The molecule has 8 nitrogen and oxygen atoms in total. The average molecular weight is 351 g/mol. The first-order chi connectivity index (χ1) is 12.7. The van der Waals surface area contributed by atoms with E-state index < -0.39 is 0 Å². The summed E-state index contributed by atoms with van der Waals surface area (Å²) in [4.78, 5) is 14.6. The molecule has 26 heavy (non-hydrogen) atoms. The van der Waals surface area contributed by atoms with E-state index in [1.807, 2.05) is 36.4 Å². The van der Waals surface area contributed by atoms with Gasteiger partial charge in [0, 0.05) is 13.6 Å². The molecule has 0 aliphatic carbocycles. The van der Waals surface area contributed by atoms with Crippen molar-refractivity contribution >= 4 is 5.91 Å². The molecule has 0 unspecified atom stereocenters. The molecule has 0 N–H and O–H groups in total. The predicted octanol–water partition coefficient (Wildman–Crippen LogP) is 1.71. The Morgan fingerprint density at radius 3 is 2.77 bits per heavy atom. The molecule has 8 heteroatoms. The Hall–Kier alpha value is -3.42. The lowest BCUT2D eigenvalue weighted by atomic mass is 10.1. The van der Waals surface area contributed by atoms with Crippen molar-refractivity contribution in [3.05, 3.63) is 59.9 Å². The Bertz CT molecular complexity index is 926. The van der Waals surface area contributed by atoms with Crippen molar-refractivity contribution in [2.45, 2.75) is 6.54 Å². The highest BCUT2D eigenvalue weighted by Crippen LogP contribution is 2.31. The maximum absolute atomic E-state index is 12.9. The molecule has 2 aromatic carbocycles.